The van der Waals surface area contributed by atoms with Crippen LogP contribution in [0.4, 0.5) is 0 Å². The Hall–Kier alpha value is -4.08. The zero-order valence-corrected chi connectivity index (χ0v) is 26.9. The number of unbranched alkanes of at least 4 members (excludes halogenated alkanes) is 1. The van der Waals surface area contributed by atoms with Gasteiger partial charge in [0.15, 0.2) is 5.60 Å². The zero-order valence-electron chi connectivity index (χ0n) is 26.9. The van der Waals surface area contributed by atoms with Gasteiger partial charge in [-0.15, -0.1) is 0 Å². The van der Waals surface area contributed by atoms with E-state index in [9.17, 15) is 9.90 Å². The molecular weight excluding hydrogens is 566 g/mol. The molecule has 3 aromatic heterocycles. The minimum Gasteiger partial charge on any atom is -0.481 e. The average molecular weight is 613 g/mol. The number of nitrogens with two attached hydrogens (primary N) is 1. The highest BCUT2D eigenvalue weighted by molar-refractivity contribution is 5.87. The number of hydrogen-bond donors (Lipinski definition) is 2. The van der Waals surface area contributed by atoms with Crippen LogP contribution in [0.1, 0.15) is 50.3 Å². The van der Waals surface area contributed by atoms with E-state index < -0.39 is 11.5 Å². The van der Waals surface area contributed by atoms with Crippen molar-refractivity contribution in [2.45, 2.75) is 63.5 Å². The first-order valence-electron chi connectivity index (χ1n) is 16.0. The van der Waals surface area contributed by atoms with Gasteiger partial charge >= 0.3 is 0 Å². The van der Waals surface area contributed by atoms with Gasteiger partial charge in [0.2, 0.25) is 11.8 Å². The number of pyridine rings is 3. The number of benzene rings is 1. The number of rotatable bonds is 13. The Labute approximate surface area is 266 Å². The quantitative estimate of drug-likeness (QED) is 0.201. The molecule has 5 rings (SSSR count). The van der Waals surface area contributed by atoms with Gasteiger partial charge in [-0.1, -0.05) is 37.6 Å². The molecular formula is C36H46N5O4+. The van der Waals surface area contributed by atoms with Crippen molar-refractivity contribution in [3.05, 3.63) is 78.2 Å². The SMILES string of the molecule is CCCCc1cc2ccccc2c(OCC[N+](C)(C)[C@H]2CCC(Cc3ccc(-c4cccnc4OC)nc3)C[C@@]2(O)C(N)=O)n1. The normalized spacial score (nSPS) is 20.2. The number of ether oxygens (including phenoxy) is 2. The van der Waals surface area contributed by atoms with Crippen molar-refractivity contribution in [2.75, 3.05) is 34.4 Å². The van der Waals surface area contributed by atoms with Gasteiger partial charge in [0.05, 0.1) is 32.5 Å². The van der Waals surface area contributed by atoms with Crippen LogP contribution in [0.5, 0.6) is 11.8 Å². The highest BCUT2D eigenvalue weighted by atomic mass is 16.5. The Kier molecular flexibility index (Phi) is 9.99. The van der Waals surface area contributed by atoms with Crippen molar-refractivity contribution >= 4 is 16.7 Å². The first kappa shape index (κ1) is 32.3. The molecule has 3 heterocycles. The Bertz CT molecular complexity index is 1610. The molecule has 238 valence electrons. The largest absolute Gasteiger partial charge is 0.481 e. The van der Waals surface area contributed by atoms with Crippen LogP contribution in [0.3, 0.4) is 0 Å². The zero-order chi connectivity index (χ0) is 32.0. The monoisotopic (exact) mass is 612 g/mol. The van der Waals surface area contributed by atoms with E-state index in [4.69, 9.17) is 20.2 Å². The molecule has 9 nitrogen and oxygen atoms in total. The lowest BCUT2D eigenvalue weighted by atomic mass is 9.71. The number of quaternary nitrogens is 1. The molecule has 1 unspecified atom stereocenters. The van der Waals surface area contributed by atoms with Gasteiger partial charge in [0.25, 0.3) is 5.91 Å². The van der Waals surface area contributed by atoms with E-state index in [0.29, 0.717) is 48.7 Å². The summed E-state index contributed by atoms with van der Waals surface area (Å²) < 4.78 is 12.1. The fraction of sp³-hybridized carbons (Fsp3) is 0.444. The van der Waals surface area contributed by atoms with Crippen molar-refractivity contribution in [3.63, 3.8) is 0 Å². The summed E-state index contributed by atoms with van der Waals surface area (Å²) in [4.78, 5) is 26.6. The van der Waals surface area contributed by atoms with Crippen LogP contribution in [0, 0.1) is 5.92 Å². The summed E-state index contributed by atoms with van der Waals surface area (Å²) in [5, 5.41) is 13.9. The minimum absolute atomic E-state index is 0.0944. The van der Waals surface area contributed by atoms with E-state index in [-0.39, 0.29) is 12.0 Å². The Morgan fingerprint density at radius 2 is 1.91 bits per heavy atom. The molecule has 45 heavy (non-hydrogen) atoms. The number of methoxy groups -OCH3 is 1. The second-order valence-corrected chi connectivity index (χ2v) is 12.9. The van der Waals surface area contributed by atoms with Gasteiger partial charge in [-0.25, -0.2) is 9.97 Å². The fourth-order valence-corrected chi connectivity index (χ4v) is 6.81. The molecule has 0 aliphatic heterocycles. The van der Waals surface area contributed by atoms with Crippen LogP contribution in [0.25, 0.3) is 22.0 Å². The number of carbonyl (C=O) groups excluding carboxylic acids is 1. The Morgan fingerprint density at radius 3 is 2.64 bits per heavy atom. The van der Waals surface area contributed by atoms with Crippen molar-refractivity contribution in [1.29, 1.82) is 0 Å². The molecule has 1 aliphatic carbocycles. The Morgan fingerprint density at radius 1 is 1.09 bits per heavy atom. The molecule has 4 aromatic rings. The van der Waals surface area contributed by atoms with E-state index in [0.717, 1.165) is 59.0 Å². The molecule has 1 aromatic carbocycles. The third-order valence-electron chi connectivity index (χ3n) is 9.31. The lowest BCUT2D eigenvalue weighted by Gasteiger charge is -2.49. The highest BCUT2D eigenvalue weighted by Gasteiger charge is 2.54. The molecule has 1 aliphatic rings. The molecule has 3 N–H and O–H groups in total. The van der Waals surface area contributed by atoms with Crippen molar-refractivity contribution < 1.29 is 23.9 Å². The molecule has 1 fully saturated rings. The van der Waals surface area contributed by atoms with E-state index in [1.807, 2.05) is 62.8 Å². The third-order valence-corrected chi connectivity index (χ3v) is 9.31. The number of primary amides is 1. The number of nitrogens with zero attached hydrogens (tertiary/aromatic N) is 4. The van der Waals surface area contributed by atoms with E-state index >= 15 is 0 Å². The third kappa shape index (κ3) is 7.26. The van der Waals surface area contributed by atoms with Crippen LogP contribution in [-0.2, 0) is 17.6 Å². The van der Waals surface area contributed by atoms with Crippen LogP contribution in [0.2, 0.25) is 0 Å². The smallest absolute Gasteiger partial charge is 0.255 e. The standard InChI is InChI=1S/C36H45N5O4/c1-5-6-11-28-22-27-10-7-8-12-29(27)34(40-28)45-20-19-41(2,3)32-17-15-25(23-36(32,43)35(37)42)21-26-14-16-31(39-24-26)30-13-9-18-38-33(30)44-4/h7-10,12-14,16,18,22,24-25,32,43H,5-6,11,15,17,19-21,23H2,1-4H3,(H-,37,42)/p+1/t25?,32-,36-/m0/s1. The number of carbonyl (C=O) groups is 1. The van der Waals surface area contributed by atoms with Gasteiger partial charge in [0.1, 0.15) is 19.2 Å². The molecule has 0 saturated heterocycles. The number of aryl methyl sites for hydroxylation is 1. The summed E-state index contributed by atoms with van der Waals surface area (Å²) in [6, 6.07) is 17.7. The topological polar surface area (TPSA) is 120 Å². The molecule has 9 heteroatoms. The number of aliphatic hydroxyl groups is 1. The van der Waals surface area contributed by atoms with Crippen molar-refractivity contribution in [2.24, 2.45) is 11.7 Å². The number of amides is 1. The molecule has 0 radical (unpaired) electrons. The summed E-state index contributed by atoms with van der Waals surface area (Å²) in [7, 11) is 5.68. The van der Waals surface area contributed by atoms with Crippen LogP contribution >= 0.6 is 0 Å². The van der Waals surface area contributed by atoms with E-state index in [1.54, 1.807) is 13.3 Å². The Balaban J connectivity index is 1.25. The summed E-state index contributed by atoms with van der Waals surface area (Å²) in [5.74, 6) is 0.586. The average Bonchev–Trinajstić information content (AvgIpc) is 3.04. The first-order valence-corrected chi connectivity index (χ1v) is 16.0. The van der Waals surface area contributed by atoms with E-state index in [1.165, 1.54) is 0 Å². The number of hydrogen-bond acceptors (Lipinski definition) is 7. The summed E-state index contributed by atoms with van der Waals surface area (Å²) in [5.41, 5.74) is 7.97. The highest BCUT2D eigenvalue weighted by Crippen LogP contribution is 2.39. The molecule has 1 saturated carbocycles. The van der Waals surface area contributed by atoms with Gasteiger partial charge in [-0.2, -0.15) is 0 Å². The fourth-order valence-electron chi connectivity index (χ4n) is 6.81. The van der Waals surface area contributed by atoms with Gasteiger partial charge in [-0.05, 0) is 79.3 Å². The van der Waals surface area contributed by atoms with Crippen molar-refractivity contribution in [3.8, 4) is 23.0 Å². The summed E-state index contributed by atoms with van der Waals surface area (Å²) in [6.07, 6.45) is 9.17. The second kappa shape index (κ2) is 13.9. The maximum absolute atomic E-state index is 12.8. The first-order chi connectivity index (χ1) is 21.6. The van der Waals surface area contributed by atoms with Crippen LogP contribution in [0.15, 0.2) is 67.0 Å². The van der Waals surface area contributed by atoms with E-state index in [2.05, 4.69) is 29.0 Å². The summed E-state index contributed by atoms with van der Waals surface area (Å²) in [6.45, 7) is 3.16. The number of likely N-dealkylation sites (N-methyl/N-ethyl adjacent to an activating group) is 1. The molecule has 0 spiro atoms. The summed E-state index contributed by atoms with van der Waals surface area (Å²) >= 11 is 0. The minimum atomic E-state index is -1.63. The van der Waals surface area contributed by atoms with Crippen molar-refractivity contribution in [1.82, 2.24) is 15.0 Å². The maximum atomic E-state index is 12.8. The molecule has 3 atom stereocenters. The van der Waals surface area contributed by atoms with Gasteiger partial charge < -0.3 is 24.8 Å². The predicted octanol–water partition coefficient (Wildman–Crippen LogP) is 5.13. The maximum Gasteiger partial charge on any atom is 0.255 e. The lowest BCUT2D eigenvalue weighted by Crippen LogP contribution is -2.68. The predicted molar refractivity (Wildman–Crippen MR) is 176 cm³/mol. The number of aromatic nitrogens is 3. The lowest BCUT2D eigenvalue weighted by molar-refractivity contribution is -0.922. The number of fused-ring (bicyclic) bond motifs is 1. The molecule has 1 amide bonds. The van der Waals surface area contributed by atoms with Gasteiger partial charge in [-0.3, -0.25) is 9.78 Å². The second-order valence-electron chi connectivity index (χ2n) is 12.9. The van der Waals surface area contributed by atoms with Crippen LogP contribution < -0.4 is 15.2 Å². The van der Waals surface area contributed by atoms with Gasteiger partial charge in [0, 0.05) is 29.9 Å². The molecule has 0 bridgehead atoms. The van der Waals surface area contributed by atoms with Crippen LogP contribution in [-0.4, -0.2) is 76.4 Å².